The second kappa shape index (κ2) is 11.0. The Kier molecular flexibility index (Phi) is 6.15. The molecule has 0 saturated carbocycles. The average Bonchev–Trinajstić information content (AvgIpc) is 3.74. The second-order valence-corrected chi connectivity index (χ2v) is 12.4. The SMILES string of the molecule is c1ccc(-c2ccccc2N(c2ccc(-c3ccc4ccc5oc6cccnc6c5c4c3)cc2)c2ccc3oc4ccccc4c3c2)cc1. The maximum atomic E-state index is 6.20. The predicted octanol–water partition coefficient (Wildman–Crippen LogP) is 12.8. The molecule has 4 heteroatoms. The minimum absolute atomic E-state index is 0.803. The van der Waals surface area contributed by atoms with Crippen LogP contribution in [0.5, 0.6) is 0 Å². The minimum atomic E-state index is 0.803. The van der Waals surface area contributed by atoms with E-state index in [-0.39, 0.29) is 0 Å². The van der Waals surface area contributed by atoms with Gasteiger partial charge in [-0.05, 0) is 94.2 Å². The molecule has 230 valence electrons. The molecular formula is C45H28N2O2. The number of benzene rings is 7. The van der Waals surface area contributed by atoms with E-state index >= 15 is 0 Å². The summed E-state index contributed by atoms with van der Waals surface area (Å²) >= 11 is 0. The Morgan fingerprint density at radius 3 is 2.04 bits per heavy atom. The van der Waals surface area contributed by atoms with Gasteiger partial charge in [-0.1, -0.05) is 97.1 Å². The Hall–Kier alpha value is -6.65. The van der Waals surface area contributed by atoms with Crippen LogP contribution in [0, 0.1) is 0 Å². The van der Waals surface area contributed by atoms with E-state index < -0.39 is 0 Å². The molecule has 0 N–H and O–H groups in total. The lowest BCUT2D eigenvalue weighted by Gasteiger charge is -2.28. The minimum Gasteiger partial charge on any atom is -0.456 e. The van der Waals surface area contributed by atoms with Gasteiger partial charge >= 0.3 is 0 Å². The maximum absolute atomic E-state index is 6.20. The van der Waals surface area contributed by atoms with Crippen LogP contribution in [0.25, 0.3) is 77.0 Å². The first-order valence-electron chi connectivity index (χ1n) is 16.4. The van der Waals surface area contributed by atoms with Gasteiger partial charge in [0.25, 0.3) is 0 Å². The van der Waals surface area contributed by atoms with Gasteiger partial charge in [0.2, 0.25) is 0 Å². The predicted molar refractivity (Wildman–Crippen MR) is 202 cm³/mol. The highest BCUT2D eigenvalue weighted by Crippen LogP contribution is 2.43. The summed E-state index contributed by atoms with van der Waals surface area (Å²) in [6, 6.07) is 57.5. The third kappa shape index (κ3) is 4.49. The number of aromatic nitrogens is 1. The average molecular weight is 629 g/mol. The molecule has 0 radical (unpaired) electrons. The van der Waals surface area contributed by atoms with Crippen molar-refractivity contribution in [3.63, 3.8) is 0 Å². The molecule has 0 fully saturated rings. The molecule has 7 aromatic carbocycles. The summed E-state index contributed by atoms with van der Waals surface area (Å²) < 4.78 is 12.3. The van der Waals surface area contributed by atoms with Crippen LogP contribution in [0.3, 0.4) is 0 Å². The van der Waals surface area contributed by atoms with E-state index in [1.807, 2.05) is 36.5 Å². The summed E-state index contributed by atoms with van der Waals surface area (Å²) in [5.74, 6) is 0. The molecule has 10 rings (SSSR count). The second-order valence-electron chi connectivity index (χ2n) is 12.4. The Labute approximate surface area is 282 Å². The van der Waals surface area contributed by atoms with Crippen molar-refractivity contribution in [1.82, 2.24) is 4.98 Å². The van der Waals surface area contributed by atoms with Crippen LogP contribution in [0.2, 0.25) is 0 Å². The molecule has 10 aromatic rings. The van der Waals surface area contributed by atoms with Crippen molar-refractivity contribution in [2.75, 3.05) is 4.90 Å². The summed E-state index contributed by atoms with van der Waals surface area (Å²) in [5.41, 5.74) is 12.1. The number of para-hydroxylation sites is 2. The van der Waals surface area contributed by atoms with E-state index in [0.29, 0.717) is 0 Å². The summed E-state index contributed by atoms with van der Waals surface area (Å²) in [6.45, 7) is 0. The molecule has 0 aliphatic heterocycles. The first-order valence-corrected chi connectivity index (χ1v) is 16.4. The highest BCUT2D eigenvalue weighted by atomic mass is 16.3. The third-order valence-electron chi connectivity index (χ3n) is 9.52. The molecule has 0 aliphatic carbocycles. The summed E-state index contributed by atoms with van der Waals surface area (Å²) in [5, 5.41) is 5.55. The van der Waals surface area contributed by atoms with E-state index in [1.54, 1.807) is 0 Å². The van der Waals surface area contributed by atoms with Gasteiger partial charge in [-0.3, -0.25) is 4.98 Å². The van der Waals surface area contributed by atoms with E-state index in [9.17, 15) is 0 Å². The van der Waals surface area contributed by atoms with Crippen molar-refractivity contribution >= 4 is 71.8 Å². The first kappa shape index (κ1) is 27.5. The molecular weight excluding hydrogens is 601 g/mol. The van der Waals surface area contributed by atoms with E-state index in [4.69, 9.17) is 8.83 Å². The van der Waals surface area contributed by atoms with Crippen molar-refractivity contribution in [3.05, 3.63) is 170 Å². The topological polar surface area (TPSA) is 42.4 Å². The van der Waals surface area contributed by atoms with Crippen molar-refractivity contribution in [2.24, 2.45) is 0 Å². The number of pyridine rings is 1. The van der Waals surface area contributed by atoms with E-state index in [1.165, 1.54) is 5.56 Å². The molecule has 4 nitrogen and oxygen atoms in total. The normalized spacial score (nSPS) is 11.7. The lowest BCUT2D eigenvalue weighted by Crippen LogP contribution is -2.11. The molecule has 3 heterocycles. The molecule has 0 aliphatic rings. The lowest BCUT2D eigenvalue weighted by molar-refractivity contribution is 0.668. The van der Waals surface area contributed by atoms with Gasteiger partial charge < -0.3 is 13.7 Å². The van der Waals surface area contributed by atoms with E-state index in [0.717, 1.165) is 88.5 Å². The van der Waals surface area contributed by atoms with Crippen LogP contribution in [0.1, 0.15) is 0 Å². The van der Waals surface area contributed by atoms with Crippen LogP contribution in [0.4, 0.5) is 17.1 Å². The number of anilines is 3. The smallest absolute Gasteiger partial charge is 0.153 e. The monoisotopic (exact) mass is 628 g/mol. The zero-order valence-electron chi connectivity index (χ0n) is 26.4. The zero-order valence-corrected chi connectivity index (χ0v) is 26.4. The summed E-state index contributed by atoms with van der Waals surface area (Å²) in [7, 11) is 0. The van der Waals surface area contributed by atoms with Crippen molar-refractivity contribution in [2.45, 2.75) is 0 Å². The van der Waals surface area contributed by atoms with Crippen LogP contribution in [-0.2, 0) is 0 Å². The van der Waals surface area contributed by atoms with Gasteiger partial charge in [-0.25, -0.2) is 0 Å². The Morgan fingerprint density at radius 2 is 1.12 bits per heavy atom. The molecule has 0 saturated heterocycles. The van der Waals surface area contributed by atoms with Crippen LogP contribution in [0.15, 0.2) is 179 Å². The number of fused-ring (bicyclic) bond motifs is 8. The fourth-order valence-electron chi connectivity index (χ4n) is 7.20. The van der Waals surface area contributed by atoms with Gasteiger partial charge in [0.1, 0.15) is 22.3 Å². The molecule has 0 atom stereocenters. The quantitative estimate of drug-likeness (QED) is 0.190. The zero-order chi connectivity index (χ0) is 32.3. The number of rotatable bonds is 5. The van der Waals surface area contributed by atoms with Crippen molar-refractivity contribution in [1.29, 1.82) is 0 Å². The summed E-state index contributed by atoms with van der Waals surface area (Å²) in [6.07, 6.45) is 1.83. The van der Waals surface area contributed by atoms with Gasteiger partial charge in [0.15, 0.2) is 5.58 Å². The fourth-order valence-corrected chi connectivity index (χ4v) is 7.20. The fraction of sp³-hybridized carbons (Fsp3) is 0. The maximum Gasteiger partial charge on any atom is 0.153 e. The Morgan fingerprint density at radius 1 is 0.429 bits per heavy atom. The van der Waals surface area contributed by atoms with Gasteiger partial charge in [-0.15, -0.1) is 0 Å². The Bertz CT molecular complexity index is 2830. The number of hydrogen-bond donors (Lipinski definition) is 0. The molecule has 3 aromatic heterocycles. The number of nitrogens with zero attached hydrogens (tertiary/aromatic N) is 2. The standard InChI is InChI=1S/C45H28N2O2/c1-2-9-30(10-3-1)35-11-4-6-13-39(35)47(34-23-25-41-38(28-34)36-12-5-7-14-40(36)48-41)33-21-18-29(19-22-33)32-17-16-31-20-24-42-44(37(31)27-32)45-43(49-42)15-8-26-46-45/h1-28H. The molecule has 0 unspecified atom stereocenters. The highest BCUT2D eigenvalue weighted by Gasteiger charge is 2.19. The van der Waals surface area contributed by atoms with Crippen LogP contribution >= 0.6 is 0 Å². The van der Waals surface area contributed by atoms with Gasteiger partial charge in [-0.2, -0.15) is 0 Å². The van der Waals surface area contributed by atoms with Crippen molar-refractivity contribution < 1.29 is 8.83 Å². The molecule has 49 heavy (non-hydrogen) atoms. The largest absolute Gasteiger partial charge is 0.456 e. The molecule has 0 spiro atoms. The van der Waals surface area contributed by atoms with Crippen molar-refractivity contribution in [3.8, 4) is 22.3 Å². The number of hydrogen-bond acceptors (Lipinski definition) is 4. The lowest BCUT2D eigenvalue weighted by atomic mass is 9.98. The van der Waals surface area contributed by atoms with Crippen LogP contribution in [-0.4, -0.2) is 4.98 Å². The van der Waals surface area contributed by atoms with Gasteiger partial charge in [0.05, 0.1) is 11.1 Å². The molecule has 0 amide bonds. The first-order chi connectivity index (χ1) is 24.3. The summed E-state index contributed by atoms with van der Waals surface area (Å²) in [4.78, 5) is 7.01. The van der Waals surface area contributed by atoms with E-state index in [2.05, 4.69) is 143 Å². The number of furan rings is 2. The van der Waals surface area contributed by atoms with Crippen LogP contribution < -0.4 is 4.90 Å². The molecule has 0 bridgehead atoms. The highest BCUT2D eigenvalue weighted by molar-refractivity contribution is 6.18. The Balaban J connectivity index is 1.13. The third-order valence-corrected chi connectivity index (χ3v) is 9.52. The van der Waals surface area contributed by atoms with Gasteiger partial charge in [0, 0.05) is 33.9 Å².